The van der Waals surface area contributed by atoms with Gasteiger partial charge in [0, 0.05) is 17.0 Å². The second-order valence-corrected chi connectivity index (χ2v) is 12.4. The Bertz CT molecular complexity index is 1200. The Morgan fingerprint density at radius 1 is 0.833 bits per heavy atom. The smallest absolute Gasteiger partial charge is 0.221 e. The van der Waals surface area contributed by atoms with E-state index in [9.17, 15) is 4.79 Å². The van der Waals surface area contributed by atoms with Crippen molar-refractivity contribution in [3.63, 3.8) is 0 Å². The van der Waals surface area contributed by atoms with Crippen LogP contribution in [0.4, 0.5) is 0 Å². The summed E-state index contributed by atoms with van der Waals surface area (Å²) in [5, 5.41) is 0. The van der Waals surface area contributed by atoms with Gasteiger partial charge in [-0.1, -0.05) is 83.5 Å². The van der Waals surface area contributed by atoms with Gasteiger partial charge < -0.3 is 10.5 Å². The fourth-order valence-corrected chi connectivity index (χ4v) is 4.52. The Morgan fingerprint density at radius 2 is 1.42 bits per heavy atom. The highest BCUT2D eigenvalue weighted by Gasteiger charge is 2.26. The number of benzene rings is 2. The molecule has 0 radical (unpaired) electrons. The number of rotatable bonds is 8. The Balaban J connectivity index is 2.11. The van der Waals surface area contributed by atoms with Crippen LogP contribution in [0.2, 0.25) is 0 Å². The highest BCUT2D eigenvalue weighted by molar-refractivity contribution is 5.76. The van der Waals surface area contributed by atoms with E-state index < -0.39 is 0 Å². The zero-order valence-electron chi connectivity index (χ0n) is 23.3. The third-order valence-electron chi connectivity index (χ3n) is 6.12. The van der Waals surface area contributed by atoms with Crippen molar-refractivity contribution in [2.75, 3.05) is 0 Å². The predicted molar refractivity (Wildman–Crippen MR) is 149 cm³/mol. The maximum Gasteiger partial charge on any atom is 0.221 e. The van der Waals surface area contributed by atoms with Crippen LogP contribution in [0.5, 0.6) is 5.75 Å². The topological polar surface area (TPSA) is 65.2 Å². The summed E-state index contributed by atoms with van der Waals surface area (Å²) in [7, 11) is 0. The van der Waals surface area contributed by atoms with Crippen molar-refractivity contribution in [2.24, 2.45) is 16.6 Å². The molecule has 0 unspecified atom stereocenters. The van der Waals surface area contributed by atoms with Crippen molar-refractivity contribution in [3.8, 4) is 16.9 Å². The molecule has 3 aromatic rings. The molecule has 0 aliphatic carbocycles. The summed E-state index contributed by atoms with van der Waals surface area (Å²) in [4.78, 5) is 16.4. The molecule has 0 saturated carbocycles. The zero-order chi connectivity index (χ0) is 26.7. The standard InChI is InChI=1S/C32H42N2O2/c1-21-9-13-24(14-10-21)30-26(18-31(3,4)5)28(19-32(6,7)8)34-22(2)27(30)20-36-25-15-11-23(12-16-25)17-29(33)35/h9-16H,17-20H2,1-8H3,(H2,33,35). The van der Waals surface area contributed by atoms with Crippen molar-refractivity contribution >= 4 is 5.91 Å². The number of hydrogen-bond acceptors (Lipinski definition) is 3. The van der Waals surface area contributed by atoms with Gasteiger partial charge >= 0.3 is 0 Å². The quantitative estimate of drug-likeness (QED) is 0.368. The number of amides is 1. The van der Waals surface area contributed by atoms with E-state index in [0.29, 0.717) is 6.61 Å². The van der Waals surface area contributed by atoms with Gasteiger partial charge in [0.1, 0.15) is 12.4 Å². The van der Waals surface area contributed by atoms with Gasteiger partial charge in [-0.15, -0.1) is 0 Å². The molecule has 1 aromatic heterocycles. The Hall–Kier alpha value is -3.14. The number of aryl methyl sites for hydroxylation is 2. The molecular weight excluding hydrogens is 444 g/mol. The Labute approximate surface area is 217 Å². The molecule has 0 bridgehead atoms. The Kier molecular flexibility index (Phi) is 8.28. The lowest BCUT2D eigenvalue weighted by Crippen LogP contribution is -2.20. The summed E-state index contributed by atoms with van der Waals surface area (Å²) in [6.45, 7) is 18.3. The van der Waals surface area contributed by atoms with E-state index in [1.807, 2.05) is 24.3 Å². The minimum atomic E-state index is -0.338. The number of nitrogens with two attached hydrogens (primary N) is 1. The molecule has 0 aliphatic heterocycles. The van der Waals surface area contributed by atoms with Crippen LogP contribution < -0.4 is 10.5 Å². The molecule has 192 valence electrons. The molecule has 0 aliphatic rings. The first kappa shape index (κ1) is 27.4. The fourth-order valence-electron chi connectivity index (χ4n) is 4.52. The number of primary amides is 1. The third kappa shape index (κ3) is 7.68. The van der Waals surface area contributed by atoms with Crippen LogP contribution in [0.1, 0.15) is 75.2 Å². The molecule has 0 saturated heterocycles. The van der Waals surface area contributed by atoms with Crippen molar-refractivity contribution in [1.82, 2.24) is 4.98 Å². The highest BCUT2D eigenvalue weighted by Crippen LogP contribution is 2.38. The molecule has 0 atom stereocenters. The molecule has 0 spiro atoms. The van der Waals surface area contributed by atoms with Gasteiger partial charge in [0.15, 0.2) is 0 Å². The van der Waals surface area contributed by atoms with Crippen LogP contribution in [0, 0.1) is 24.7 Å². The van der Waals surface area contributed by atoms with Gasteiger partial charge in [0.05, 0.1) is 6.42 Å². The predicted octanol–water partition coefficient (Wildman–Crippen LogP) is 7.15. The van der Waals surface area contributed by atoms with E-state index in [4.69, 9.17) is 15.5 Å². The first-order valence-electron chi connectivity index (χ1n) is 12.8. The van der Waals surface area contributed by atoms with Crippen LogP contribution in [-0.2, 0) is 30.7 Å². The molecule has 2 N–H and O–H groups in total. The minimum Gasteiger partial charge on any atom is -0.489 e. The van der Waals surface area contributed by atoms with Crippen molar-refractivity contribution < 1.29 is 9.53 Å². The minimum absolute atomic E-state index is 0.109. The lowest BCUT2D eigenvalue weighted by molar-refractivity contribution is -0.117. The van der Waals surface area contributed by atoms with Crippen LogP contribution in [0.15, 0.2) is 48.5 Å². The summed E-state index contributed by atoms with van der Waals surface area (Å²) >= 11 is 0. The van der Waals surface area contributed by atoms with Gasteiger partial charge in [0.25, 0.3) is 0 Å². The molecule has 36 heavy (non-hydrogen) atoms. The van der Waals surface area contributed by atoms with Crippen molar-refractivity contribution in [2.45, 2.75) is 81.3 Å². The molecule has 0 fully saturated rings. The number of ether oxygens (including phenoxy) is 1. The fraction of sp³-hybridized carbons (Fsp3) is 0.438. The second-order valence-electron chi connectivity index (χ2n) is 12.4. The lowest BCUT2D eigenvalue weighted by atomic mass is 9.79. The summed E-state index contributed by atoms with van der Waals surface area (Å²) in [6, 6.07) is 16.4. The highest BCUT2D eigenvalue weighted by atomic mass is 16.5. The number of pyridine rings is 1. The van der Waals surface area contributed by atoms with Crippen molar-refractivity contribution in [1.29, 1.82) is 0 Å². The van der Waals surface area contributed by atoms with E-state index >= 15 is 0 Å². The maximum atomic E-state index is 11.2. The molecule has 4 nitrogen and oxygen atoms in total. The van der Waals surface area contributed by atoms with Gasteiger partial charge in [-0.05, 0) is 71.9 Å². The summed E-state index contributed by atoms with van der Waals surface area (Å²) in [5.74, 6) is 0.420. The number of carbonyl (C=O) groups excluding carboxylic acids is 1. The number of hydrogen-bond donors (Lipinski definition) is 1. The molecular formula is C32H42N2O2. The molecule has 3 rings (SSSR count). The van der Waals surface area contributed by atoms with E-state index in [-0.39, 0.29) is 23.2 Å². The average Bonchev–Trinajstić information content (AvgIpc) is 2.74. The van der Waals surface area contributed by atoms with Crippen LogP contribution in [-0.4, -0.2) is 10.9 Å². The third-order valence-corrected chi connectivity index (χ3v) is 6.12. The van der Waals surface area contributed by atoms with E-state index in [1.165, 1.54) is 27.9 Å². The van der Waals surface area contributed by atoms with E-state index in [1.54, 1.807) is 0 Å². The normalized spacial score (nSPS) is 12.0. The van der Waals surface area contributed by atoms with Crippen LogP contribution in [0.25, 0.3) is 11.1 Å². The zero-order valence-corrected chi connectivity index (χ0v) is 23.3. The van der Waals surface area contributed by atoms with Gasteiger partial charge in [-0.3, -0.25) is 9.78 Å². The monoisotopic (exact) mass is 486 g/mol. The largest absolute Gasteiger partial charge is 0.489 e. The molecule has 2 aromatic carbocycles. The van der Waals surface area contributed by atoms with Crippen molar-refractivity contribution in [3.05, 3.63) is 82.2 Å². The van der Waals surface area contributed by atoms with Gasteiger partial charge in [-0.25, -0.2) is 0 Å². The summed E-state index contributed by atoms with van der Waals surface area (Å²) in [6.07, 6.45) is 2.08. The second kappa shape index (κ2) is 10.9. The number of nitrogens with zero attached hydrogens (tertiary/aromatic N) is 1. The van der Waals surface area contributed by atoms with E-state index in [0.717, 1.165) is 35.4 Å². The number of aromatic nitrogens is 1. The van der Waals surface area contributed by atoms with E-state index in [2.05, 4.69) is 79.7 Å². The summed E-state index contributed by atoms with van der Waals surface area (Å²) < 4.78 is 6.29. The number of carbonyl (C=O) groups is 1. The first-order chi connectivity index (χ1) is 16.7. The summed E-state index contributed by atoms with van der Waals surface area (Å²) in [5.41, 5.74) is 14.8. The maximum absolute atomic E-state index is 11.2. The lowest BCUT2D eigenvalue weighted by Gasteiger charge is -2.28. The average molecular weight is 487 g/mol. The molecule has 1 heterocycles. The first-order valence-corrected chi connectivity index (χ1v) is 12.8. The Morgan fingerprint density at radius 3 is 1.94 bits per heavy atom. The molecule has 4 heteroatoms. The van der Waals surface area contributed by atoms with Crippen LogP contribution >= 0.6 is 0 Å². The SMILES string of the molecule is Cc1ccc(-c2c(COc3ccc(CC(N)=O)cc3)c(C)nc(CC(C)(C)C)c2CC(C)(C)C)cc1. The van der Waals surface area contributed by atoms with Crippen LogP contribution in [0.3, 0.4) is 0 Å². The van der Waals surface area contributed by atoms with Gasteiger partial charge in [0.2, 0.25) is 5.91 Å². The van der Waals surface area contributed by atoms with Gasteiger partial charge in [-0.2, -0.15) is 0 Å². The molecule has 1 amide bonds.